The monoisotopic (exact) mass is 508 g/mol. The van der Waals surface area contributed by atoms with Crippen LogP contribution in [0, 0.1) is 29.2 Å². The molecule has 0 N–H and O–H groups in total. The van der Waals surface area contributed by atoms with Gasteiger partial charge < -0.3 is 0 Å². The molecule has 1 saturated carbocycles. The summed E-state index contributed by atoms with van der Waals surface area (Å²) in [7, 11) is 0. The van der Waals surface area contributed by atoms with Crippen molar-refractivity contribution in [2.45, 2.75) is 77.6 Å². The molecule has 0 heterocycles. The van der Waals surface area contributed by atoms with E-state index in [1.165, 1.54) is 18.9 Å². The summed E-state index contributed by atoms with van der Waals surface area (Å²) in [6.45, 7) is 4.20. The molecule has 3 aromatic rings. The van der Waals surface area contributed by atoms with E-state index in [0.29, 0.717) is 29.0 Å². The van der Waals surface area contributed by atoms with Crippen LogP contribution in [0.25, 0.3) is 23.3 Å². The van der Waals surface area contributed by atoms with Crippen molar-refractivity contribution in [3.8, 4) is 11.1 Å². The summed E-state index contributed by atoms with van der Waals surface area (Å²) in [5.74, 6) is -2.40. The van der Waals surface area contributed by atoms with Gasteiger partial charge >= 0.3 is 0 Å². The molecule has 1 aliphatic carbocycles. The summed E-state index contributed by atoms with van der Waals surface area (Å²) in [6.07, 6.45) is 11.8. The van der Waals surface area contributed by atoms with Crippen molar-refractivity contribution in [3.63, 3.8) is 0 Å². The van der Waals surface area contributed by atoms with Gasteiger partial charge in [-0.05, 0) is 72.6 Å². The molecule has 0 spiro atoms. The fourth-order valence-corrected chi connectivity index (χ4v) is 5.53. The van der Waals surface area contributed by atoms with Crippen LogP contribution in [0.1, 0.15) is 93.4 Å². The predicted octanol–water partition coefficient (Wildman–Crippen LogP) is 10.5. The third kappa shape index (κ3) is 6.34. The largest absolute Gasteiger partial charge is 0.203 e. The molecule has 0 aromatic heterocycles. The number of unbranched alkanes of at least 4 members (excludes halogenated alkanes) is 1. The predicted molar refractivity (Wildman–Crippen MR) is 145 cm³/mol. The van der Waals surface area contributed by atoms with Crippen LogP contribution in [0.5, 0.6) is 0 Å². The SMILES string of the molecule is CCCCc1ccc(/C=C/c2ccc(-c3ccc(C4CCC(CCC)CC4)c(F)c3F)cc2)c(F)c1F. The lowest BCUT2D eigenvalue weighted by atomic mass is 9.77. The summed E-state index contributed by atoms with van der Waals surface area (Å²) in [4.78, 5) is 0. The molecule has 4 rings (SSSR count). The Balaban J connectivity index is 1.47. The van der Waals surface area contributed by atoms with Crippen molar-refractivity contribution in [1.82, 2.24) is 0 Å². The van der Waals surface area contributed by atoms with Crippen LogP contribution in [0.3, 0.4) is 0 Å². The van der Waals surface area contributed by atoms with E-state index in [4.69, 9.17) is 0 Å². The third-order valence-corrected chi connectivity index (χ3v) is 7.76. The Kier molecular flexibility index (Phi) is 9.23. The molecule has 1 fully saturated rings. The molecule has 0 atom stereocenters. The van der Waals surface area contributed by atoms with Crippen molar-refractivity contribution in [1.29, 1.82) is 0 Å². The lowest BCUT2D eigenvalue weighted by Gasteiger charge is -2.29. The zero-order valence-corrected chi connectivity index (χ0v) is 21.8. The van der Waals surface area contributed by atoms with Gasteiger partial charge in [-0.1, -0.05) is 93.8 Å². The molecule has 1 aliphatic rings. The molecule has 0 saturated heterocycles. The highest BCUT2D eigenvalue weighted by Crippen LogP contribution is 2.40. The van der Waals surface area contributed by atoms with Crippen LogP contribution in [0.2, 0.25) is 0 Å². The molecule has 0 aliphatic heterocycles. The van der Waals surface area contributed by atoms with E-state index in [1.54, 1.807) is 54.6 Å². The average Bonchev–Trinajstić information content (AvgIpc) is 2.92. The van der Waals surface area contributed by atoms with E-state index in [1.807, 2.05) is 6.92 Å². The molecule has 3 aromatic carbocycles. The second-order valence-electron chi connectivity index (χ2n) is 10.3. The molecular formula is C33H36F4. The number of hydrogen-bond acceptors (Lipinski definition) is 0. The van der Waals surface area contributed by atoms with E-state index in [0.717, 1.165) is 44.1 Å². The Labute approximate surface area is 218 Å². The van der Waals surface area contributed by atoms with Crippen LogP contribution in [-0.4, -0.2) is 0 Å². The van der Waals surface area contributed by atoms with Gasteiger partial charge in [0, 0.05) is 11.1 Å². The van der Waals surface area contributed by atoms with Gasteiger partial charge in [-0.3, -0.25) is 0 Å². The number of hydrogen-bond donors (Lipinski definition) is 0. The van der Waals surface area contributed by atoms with Crippen LogP contribution in [0.4, 0.5) is 17.6 Å². The second kappa shape index (κ2) is 12.6. The quantitative estimate of drug-likeness (QED) is 0.199. The van der Waals surface area contributed by atoms with Gasteiger partial charge in [-0.2, -0.15) is 0 Å². The van der Waals surface area contributed by atoms with Crippen molar-refractivity contribution >= 4 is 12.2 Å². The van der Waals surface area contributed by atoms with Crippen molar-refractivity contribution in [3.05, 3.63) is 94.1 Å². The molecule has 196 valence electrons. The zero-order chi connectivity index (χ0) is 26.4. The van der Waals surface area contributed by atoms with Gasteiger partial charge in [-0.25, -0.2) is 17.6 Å². The first-order valence-electron chi connectivity index (χ1n) is 13.7. The highest BCUT2D eigenvalue weighted by Gasteiger charge is 2.26. The summed E-state index contributed by atoms with van der Waals surface area (Å²) in [6, 6.07) is 13.6. The smallest absolute Gasteiger partial charge is 0.166 e. The highest BCUT2D eigenvalue weighted by atomic mass is 19.2. The van der Waals surface area contributed by atoms with Gasteiger partial charge in [0.15, 0.2) is 23.3 Å². The lowest BCUT2D eigenvalue weighted by molar-refractivity contribution is 0.303. The van der Waals surface area contributed by atoms with Crippen LogP contribution in [-0.2, 0) is 6.42 Å². The molecule has 0 radical (unpaired) electrons. The van der Waals surface area contributed by atoms with E-state index in [9.17, 15) is 8.78 Å². The maximum absolute atomic E-state index is 15.1. The Morgan fingerprint density at radius 1 is 0.703 bits per heavy atom. The summed E-state index contributed by atoms with van der Waals surface area (Å²) in [5, 5.41) is 0. The first kappa shape index (κ1) is 27.2. The van der Waals surface area contributed by atoms with E-state index in [2.05, 4.69) is 6.92 Å². The number of halogens is 4. The number of benzene rings is 3. The Bertz CT molecular complexity index is 1220. The lowest BCUT2D eigenvalue weighted by Crippen LogP contribution is -2.14. The topological polar surface area (TPSA) is 0 Å². The van der Waals surface area contributed by atoms with Gasteiger partial charge in [0.2, 0.25) is 0 Å². The van der Waals surface area contributed by atoms with Crippen molar-refractivity contribution in [2.75, 3.05) is 0 Å². The minimum absolute atomic E-state index is 0.0788. The minimum Gasteiger partial charge on any atom is -0.203 e. The Hall–Kier alpha value is -2.88. The van der Waals surface area contributed by atoms with Gasteiger partial charge in [0.05, 0.1) is 0 Å². The first-order chi connectivity index (χ1) is 17.9. The summed E-state index contributed by atoms with van der Waals surface area (Å²) in [5.41, 5.74) is 2.61. The fourth-order valence-electron chi connectivity index (χ4n) is 5.53. The highest BCUT2D eigenvalue weighted by molar-refractivity contribution is 5.72. The molecule has 0 nitrogen and oxygen atoms in total. The number of aryl methyl sites for hydroxylation is 1. The van der Waals surface area contributed by atoms with Gasteiger partial charge in [-0.15, -0.1) is 0 Å². The average molecular weight is 509 g/mol. The molecule has 4 heteroatoms. The van der Waals surface area contributed by atoms with Crippen LogP contribution < -0.4 is 0 Å². The zero-order valence-electron chi connectivity index (χ0n) is 21.8. The maximum atomic E-state index is 15.1. The van der Waals surface area contributed by atoms with Crippen molar-refractivity contribution < 1.29 is 17.6 Å². The summed E-state index contributed by atoms with van der Waals surface area (Å²) < 4.78 is 59.0. The molecule has 0 amide bonds. The normalized spacial score (nSPS) is 18.0. The fraction of sp³-hybridized carbons (Fsp3) is 0.394. The Morgan fingerprint density at radius 3 is 2.11 bits per heavy atom. The maximum Gasteiger partial charge on any atom is 0.166 e. The second-order valence-corrected chi connectivity index (χ2v) is 10.3. The van der Waals surface area contributed by atoms with Gasteiger partial charge in [0.25, 0.3) is 0 Å². The standard InChI is InChI=1S/C33H36F4/c1-3-5-7-26-18-19-27(31(35)30(26)34)17-12-23-10-15-25(16-11-23)29-21-20-28(32(36)33(29)37)24-13-8-22(6-4-2)9-14-24/h10-12,15-22,24H,3-9,13-14H2,1-2H3/b17-12+. The molecular weight excluding hydrogens is 472 g/mol. The molecule has 0 unspecified atom stereocenters. The van der Waals surface area contributed by atoms with Crippen LogP contribution in [0.15, 0.2) is 48.5 Å². The van der Waals surface area contributed by atoms with Crippen molar-refractivity contribution in [2.24, 2.45) is 5.92 Å². The minimum atomic E-state index is -0.849. The van der Waals surface area contributed by atoms with E-state index >= 15 is 8.78 Å². The molecule has 0 bridgehead atoms. The number of rotatable bonds is 9. The Morgan fingerprint density at radius 2 is 1.43 bits per heavy atom. The van der Waals surface area contributed by atoms with Gasteiger partial charge in [0.1, 0.15) is 0 Å². The first-order valence-corrected chi connectivity index (χ1v) is 13.7. The van der Waals surface area contributed by atoms with Crippen LogP contribution >= 0.6 is 0 Å². The summed E-state index contributed by atoms with van der Waals surface area (Å²) >= 11 is 0. The third-order valence-electron chi connectivity index (χ3n) is 7.76. The molecule has 37 heavy (non-hydrogen) atoms. The van der Waals surface area contributed by atoms with E-state index in [-0.39, 0.29) is 17.0 Å². The van der Waals surface area contributed by atoms with E-state index < -0.39 is 23.3 Å².